The molecule has 2 nitrogen and oxygen atoms in total. The molecule has 1 N–H and O–H groups in total. The number of hydrogen-bond acceptors (Lipinski definition) is 1. The van der Waals surface area contributed by atoms with E-state index in [1.807, 2.05) is 44.2 Å². The number of carbonyl (C=O) groups is 1. The van der Waals surface area contributed by atoms with Gasteiger partial charge in [0.05, 0.1) is 0 Å². The van der Waals surface area contributed by atoms with Crippen molar-refractivity contribution in [1.29, 1.82) is 0 Å². The third kappa shape index (κ3) is 3.39. The quantitative estimate of drug-likeness (QED) is 0.882. The average Bonchev–Trinajstić information content (AvgIpc) is 3.19. The van der Waals surface area contributed by atoms with Crippen LogP contribution in [0.4, 0.5) is 13.2 Å². The van der Waals surface area contributed by atoms with E-state index in [4.69, 9.17) is 0 Å². The summed E-state index contributed by atoms with van der Waals surface area (Å²) >= 11 is 0. The summed E-state index contributed by atoms with van der Waals surface area (Å²) in [5, 5.41) is 2.62. The molecule has 1 aromatic rings. The van der Waals surface area contributed by atoms with E-state index in [9.17, 15) is 18.0 Å². The molecule has 5 heteroatoms. The van der Waals surface area contributed by atoms with Crippen molar-refractivity contribution in [3.63, 3.8) is 0 Å². The lowest BCUT2D eigenvalue weighted by atomic mass is 9.95. The maximum Gasteiger partial charge on any atom is 0.403 e. The van der Waals surface area contributed by atoms with Gasteiger partial charge in [-0.15, -0.1) is 0 Å². The first-order chi connectivity index (χ1) is 9.76. The highest BCUT2D eigenvalue weighted by molar-refractivity contribution is 5.86. The van der Waals surface area contributed by atoms with Gasteiger partial charge < -0.3 is 5.32 Å². The molecule has 0 spiro atoms. The lowest BCUT2D eigenvalue weighted by Crippen LogP contribution is -2.48. The molecule has 1 aliphatic rings. The molecule has 0 unspecified atom stereocenters. The van der Waals surface area contributed by atoms with Gasteiger partial charge in [-0.05, 0) is 30.7 Å². The zero-order chi connectivity index (χ0) is 15.7. The van der Waals surface area contributed by atoms with Gasteiger partial charge in [0.25, 0.3) is 0 Å². The van der Waals surface area contributed by atoms with E-state index in [1.54, 1.807) is 0 Å². The topological polar surface area (TPSA) is 29.1 Å². The number of alkyl halides is 3. The summed E-state index contributed by atoms with van der Waals surface area (Å²) in [5.74, 6) is -0.803. The van der Waals surface area contributed by atoms with E-state index < -0.39 is 17.5 Å². The van der Waals surface area contributed by atoms with Crippen LogP contribution in [0.5, 0.6) is 0 Å². The van der Waals surface area contributed by atoms with Gasteiger partial charge in [-0.2, -0.15) is 13.2 Å². The fourth-order valence-corrected chi connectivity index (χ4v) is 2.39. The van der Waals surface area contributed by atoms with Crippen molar-refractivity contribution in [2.75, 3.05) is 0 Å². The molecule has 1 amide bonds. The lowest BCUT2D eigenvalue weighted by molar-refractivity contribution is -0.192. The summed E-state index contributed by atoms with van der Waals surface area (Å²) in [7, 11) is 0. The Kier molecular flexibility index (Phi) is 4.30. The number of hydrogen-bond donors (Lipinski definition) is 1. The Hall–Kier alpha value is -1.52. The number of halogens is 3. The Morgan fingerprint density at radius 3 is 2.24 bits per heavy atom. The third-order valence-electron chi connectivity index (χ3n) is 4.15. The Balaban J connectivity index is 2.06. The zero-order valence-corrected chi connectivity index (χ0v) is 12.2. The Morgan fingerprint density at radius 2 is 1.81 bits per heavy atom. The van der Waals surface area contributed by atoms with Crippen LogP contribution in [0.15, 0.2) is 30.3 Å². The van der Waals surface area contributed by atoms with E-state index in [0.29, 0.717) is 6.42 Å². The van der Waals surface area contributed by atoms with Gasteiger partial charge in [-0.1, -0.05) is 44.2 Å². The van der Waals surface area contributed by atoms with Gasteiger partial charge in [0.15, 0.2) is 0 Å². The highest BCUT2D eigenvalue weighted by atomic mass is 19.4. The van der Waals surface area contributed by atoms with E-state index in [1.165, 1.54) is 0 Å². The van der Waals surface area contributed by atoms with Crippen molar-refractivity contribution in [1.82, 2.24) is 5.32 Å². The Bertz CT molecular complexity index is 492. The van der Waals surface area contributed by atoms with Crippen molar-refractivity contribution in [2.24, 2.45) is 11.3 Å². The van der Waals surface area contributed by atoms with Crippen LogP contribution in [0.3, 0.4) is 0 Å². The molecule has 1 fully saturated rings. The van der Waals surface area contributed by atoms with Gasteiger partial charge in [0.1, 0.15) is 5.41 Å². The van der Waals surface area contributed by atoms with Crippen LogP contribution in [-0.4, -0.2) is 18.1 Å². The fourth-order valence-electron chi connectivity index (χ4n) is 2.39. The fraction of sp³-hybridized carbons (Fsp3) is 0.562. The molecule has 0 heterocycles. The summed E-state index contributed by atoms with van der Waals surface area (Å²) < 4.78 is 38.9. The monoisotopic (exact) mass is 299 g/mol. The predicted molar refractivity (Wildman–Crippen MR) is 74.6 cm³/mol. The van der Waals surface area contributed by atoms with Crippen LogP contribution in [0, 0.1) is 11.3 Å². The van der Waals surface area contributed by atoms with Crippen molar-refractivity contribution in [3.05, 3.63) is 35.9 Å². The molecule has 2 rings (SSSR count). The van der Waals surface area contributed by atoms with Gasteiger partial charge in [0, 0.05) is 6.04 Å². The summed E-state index contributed by atoms with van der Waals surface area (Å²) in [5.41, 5.74) is -1.13. The number of nitrogens with one attached hydrogen (secondary N) is 1. The molecule has 0 aromatic heterocycles. The minimum Gasteiger partial charge on any atom is -0.352 e. The number of benzene rings is 1. The maximum atomic E-state index is 13.0. The van der Waals surface area contributed by atoms with Gasteiger partial charge in [0.2, 0.25) is 5.91 Å². The Morgan fingerprint density at radius 1 is 1.24 bits per heavy atom. The normalized spacial score (nSPS) is 18.4. The summed E-state index contributed by atoms with van der Waals surface area (Å²) in [6.07, 6.45) is -4.11. The van der Waals surface area contributed by atoms with Crippen LogP contribution < -0.4 is 5.32 Å². The van der Waals surface area contributed by atoms with Crippen molar-refractivity contribution in [3.8, 4) is 0 Å². The first-order valence-electron chi connectivity index (χ1n) is 7.18. The standard InChI is InChI=1S/C16H20F3NO/c1-11(2)13(10-12-6-4-3-5-7-12)20-14(21)15(8-9-15)16(17,18)19/h3-7,11,13H,8-10H2,1-2H3,(H,20,21)/t13-/m1/s1. The largest absolute Gasteiger partial charge is 0.403 e. The molecule has 0 radical (unpaired) electrons. The van der Waals surface area contributed by atoms with Crippen LogP contribution in [0.2, 0.25) is 0 Å². The molecule has 1 saturated carbocycles. The van der Waals surface area contributed by atoms with Crippen LogP contribution in [0.25, 0.3) is 0 Å². The molecule has 0 bridgehead atoms. The minimum absolute atomic E-state index is 0.0678. The number of amides is 1. The van der Waals surface area contributed by atoms with E-state index >= 15 is 0 Å². The second-order valence-corrected chi connectivity index (χ2v) is 6.09. The second-order valence-electron chi connectivity index (χ2n) is 6.09. The molecule has 116 valence electrons. The molecular weight excluding hydrogens is 279 g/mol. The zero-order valence-electron chi connectivity index (χ0n) is 12.2. The molecule has 1 atom stereocenters. The summed E-state index contributed by atoms with van der Waals surface area (Å²) in [6.45, 7) is 3.81. The molecular formula is C16H20F3NO. The minimum atomic E-state index is -4.45. The van der Waals surface area contributed by atoms with Crippen molar-refractivity contribution in [2.45, 2.75) is 45.3 Å². The van der Waals surface area contributed by atoms with E-state index in [0.717, 1.165) is 5.56 Å². The number of carbonyl (C=O) groups excluding carboxylic acids is 1. The molecule has 0 aliphatic heterocycles. The van der Waals surface area contributed by atoms with E-state index in [2.05, 4.69) is 5.32 Å². The molecule has 1 aromatic carbocycles. The van der Waals surface area contributed by atoms with Gasteiger partial charge in [-0.25, -0.2) is 0 Å². The highest BCUT2D eigenvalue weighted by Crippen LogP contribution is 2.57. The molecule has 1 aliphatic carbocycles. The SMILES string of the molecule is CC(C)[C@@H](Cc1ccccc1)NC(=O)C1(C(F)(F)F)CC1. The first kappa shape index (κ1) is 15.9. The Labute approximate surface area is 122 Å². The maximum absolute atomic E-state index is 13.0. The van der Waals surface area contributed by atoms with Crippen LogP contribution >= 0.6 is 0 Å². The number of rotatable bonds is 5. The summed E-state index contributed by atoms with van der Waals surface area (Å²) in [4.78, 5) is 12.0. The smallest absolute Gasteiger partial charge is 0.352 e. The molecule has 21 heavy (non-hydrogen) atoms. The summed E-state index contributed by atoms with van der Waals surface area (Å²) in [6, 6.07) is 9.19. The van der Waals surface area contributed by atoms with Crippen LogP contribution in [0.1, 0.15) is 32.3 Å². The van der Waals surface area contributed by atoms with E-state index in [-0.39, 0.29) is 24.8 Å². The van der Waals surface area contributed by atoms with Crippen molar-refractivity contribution < 1.29 is 18.0 Å². The lowest BCUT2D eigenvalue weighted by Gasteiger charge is -2.26. The van der Waals surface area contributed by atoms with Gasteiger partial charge >= 0.3 is 6.18 Å². The highest BCUT2D eigenvalue weighted by Gasteiger charge is 2.68. The first-order valence-corrected chi connectivity index (χ1v) is 7.18. The van der Waals surface area contributed by atoms with Crippen LogP contribution in [-0.2, 0) is 11.2 Å². The molecule has 0 saturated heterocycles. The predicted octanol–water partition coefficient (Wildman–Crippen LogP) is 3.71. The third-order valence-corrected chi connectivity index (χ3v) is 4.15. The van der Waals surface area contributed by atoms with Gasteiger partial charge in [-0.3, -0.25) is 4.79 Å². The average molecular weight is 299 g/mol. The second kappa shape index (κ2) is 5.70. The van der Waals surface area contributed by atoms with Crippen molar-refractivity contribution >= 4 is 5.91 Å².